The number of allylic oxidation sites excluding steroid dienone is 4. The normalized spacial score (nSPS) is 22.5. The molecule has 1 saturated heterocycles. The van der Waals surface area contributed by atoms with Crippen LogP contribution >= 0.6 is 0 Å². The molecule has 1 aromatic carbocycles. The van der Waals surface area contributed by atoms with Crippen molar-refractivity contribution in [3.63, 3.8) is 0 Å². The SMILES string of the molecule is C=C(/C=C(N=CCC)\C(C)=C(/C)N)c1ccc2c(c1)N(C1CC(C)C1)C(=O)C2(CCC)CCC.CC(C)C(=O)C1(C)COC1. The zero-order valence-corrected chi connectivity index (χ0v) is 28.9. The third-order valence-electron chi connectivity index (χ3n) is 9.50. The van der Waals surface area contributed by atoms with Crippen LogP contribution in [0.4, 0.5) is 5.69 Å². The van der Waals surface area contributed by atoms with Crippen molar-refractivity contribution in [2.75, 3.05) is 18.1 Å². The van der Waals surface area contributed by atoms with Gasteiger partial charge in [-0.2, -0.15) is 0 Å². The van der Waals surface area contributed by atoms with Gasteiger partial charge in [0.25, 0.3) is 0 Å². The smallest absolute Gasteiger partial charge is 0.237 e. The second-order valence-electron chi connectivity index (χ2n) is 13.9. The summed E-state index contributed by atoms with van der Waals surface area (Å²) in [6.45, 7) is 24.0. The molecule has 0 atom stereocenters. The van der Waals surface area contributed by atoms with E-state index in [-0.39, 0.29) is 16.7 Å². The lowest BCUT2D eigenvalue weighted by Crippen LogP contribution is -2.50. The molecule has 0 radical (unpaired) electrons. The molecule has 242 valence electrons. The van der Waals surface area contributed by atoms with E-state index in [0.717, 1.165) is 78.7 Å². The summed E-state index contributed by atoms with van der Waals surface area (Å²) >= 11 is 0. The molecule has 0 spiro atoms. The van der Waals surface area contributed by atoms with Gasteiger partial charge in [0.1, 0.15) is 5.78 Å². The number of anilines is 1. The van der Waals surface area contributed by atoms with Gasteiger partial charge in [0, 0.05) is 29.6 Å². The van der Waals surface area contributed by atoms with Crippen LogP contribution in [0.5, 0.6) is 0 Å². The molecule has 6 nitrogen and oxygen atoms in total. The van der Waals surface area contributed by atoms with Crippen molar-refractivity contribution in [2.45, 2.75) is 119 Å². The number of hydrogen-bond acceptors (Lipinski definition) is 5. The molecule has 2 heterocycles. The maximum Gasteiger partial charge on any atom is 0.237 e. The van der Waals surface area contributed by atoms with E-state index in [4.69, 9.17) is 10.5 Å². The average Bonchev–Trinajstić information content (AvgIpc) is 3.18. The molecule has 6 heteroatoms. The number of nitrogens with two attached hydrogens (primary N) is 1. The topological polar surface area (TPSA) is 85.0 Å². The van der Waals surface area contributed by atoms with E-state index in [9.17, 15) is 9.59 Å². The highest BCUT2D eigenvalue weighted by atomic mass is 16.5. The molecule has 2 aliphatic heterocycles. The van der Waals surface area contributed by atoms with Gasteiger partial charge in [0.2, 0.25) is 5.91 Å². The van der Waals surface area contributed by atoms with Crippen molar-refractivity contribution < 1.29 is 14.3 Å². The van der Waals surface area contributed by atoms with E-state index in [1.54, 1.807) is 0 Å². The predicted octanol–water partition coefficient (Wildman–Crippen LogP) is 8.55. The average molecular weight is 604 g/mol. The summed E-state index contributed by atoms with van der Waals surface area (Å²) in [6.07, 6.45) is 10.7. The quantitative estimate of drug-likeness (QED) is 0.192. The lowest BCUT2D eigenvalue weighted by atomic mass is 9.74. The van der Waals surface area contributed by atoms with Crippen LogP contribution in [0.1, 0.15) is 118 Å². The van der Waals surface area contributed by atoms with E-state index in [1.807, 2.05) is 46.9 Å². The highest BCUT2D eigenvalue weighted by molar-refractivity contribution is 6.09. The Balaban J connectivity index is 0.000000448. The second kappa shape index (κ2) is 14.9. The number of Topliss-reactive ketones (excluding diaryl/α,β-unsaturated/α-hetero) is 1. The molecule has 4 rings (SSSR count). The van der Waals surface area contributed by atoms with Gasteiger partial charge in [0.15, 0.2) is 0 Å². The van der Waals surface area contributed by atoms with Gasteiger partial charge in [-0.25, -0.2) is 0 Å². The first kappa shape index (κ1) is 35.5. The molecule has 1 aromatic rings. The highest BCUT2D eigenvalue weighted by Gasteiger charge is 2.52. The van der Waals surface area contributed by atoms with E-state index < -0.39 is 0 Å². The summed E-state index contributed by atoms with van der Waals surface area (Å²) in [5.41, 5.74) is 12.3. The lowest BCUT2D eigenvalue weighted by Gasteiger charge is -2.41. The summed E-state index contributed by atoms with van der Waals surface area (Å²) < 4.78 is 4.99. The molecular formula is C38H57N3O3. The van der Waals surface area contributed by atoms with Crippen molar-refractivity contribution in [2.24, 2.45) is 28.0 Å². The number of hydrogen-bond donors (Lipinski definition) is 1. The van der Waals surface area contributed by atoms with Crippen molar-refractivity contribution in [3.05, 3.63) is 58.9 Å². The van der Waals surface area contributed by atoms with Crippen LogP contribution in [0.15, 0.2) is 52.8 Å². The van der Waals surface area contributed by atoms with E-state index in [1.165, 1.54) is 5.56 Å². The molecule has 2 N–H and O–H groups in total. The zero-order valence-electron chi connectivity index (χ0n) is 28.9. The molecule has 3 aliphatic rings. The number of benzene rings is 1. The van der Waals surface area contributed by atoms with Crippen LogP contribution in [0, 0.1) is 17.3 Å². The Labute approximate surface area is 266 Å². The number of amides is 1. The highest BCUT2D eigenvalue weighted by Crippen LogP contribution is 2.51. The Bertz CT molecular complexity index is 1300. The first-order valence-corrected chi connectivity index (χ1v) is 16.7. The summed E-state index contributed by atoms with van der Waals surface area (Å²) in [5, 5.41) is 0. The van der Waals surface area contributed by atoms with Crippen molar-refractivity contribution in [1.82, 2.24) is 0 Å². The molecular weight excluding hydrogens is 546 g/mol. The lowest BCUT2D eigenvalue weighted by molar-refractivity contribution is -0.158. The second-order valence-corrected chi connectivity index (χ2v) is 13.9. The van der Waals surface area contributed by atoms with E-state index >= 15 is 0 Å². The van der Waals surface area contributed by atoms with Gasteiger partial charge >= 0.3 is 0 Å². The third-order valence-corrected chi connectivity index (χ3v) is 9.50. The fraction of sp³-hybridized carbons (Fsp3) is 0.605. The first-order valence-electron chi connectivity index (χ1n) is 16.7. The minimum absolute atomic E-state index is 0.147. The minimum atomic E-state index is -0.389. The van der Waals surface area contributed by atoms with Crippen LogP contribution in [-0.4, -0.2) is 37.2 Å². The Morgan fingerprint density at radius 3 is 2.20 bits per heavy atom. The number of fused-ring (bicyclic) bond motifs is 1. The van der Waals surface area contributed by atoms with Gasteiger partial charge in [0.05, 0.1) is 29.7 Å². The Morgan fingerprint density at radius 2 is 1.77 bits per heavy atom. The number of ether oxygens (including phenoxy) is 1. The van der Waals surface area contributed by atoms with E-state index in [2.05, 4.69) is 62.4 Å². The van der Waals surface area contributed by atoms with Crippen molar-refractivity contribution >= 4 is 29.2 Å². The molecule has 1 aliphatic carbocycles. The predicted molar refractivity (Wildman–Crippen MR) is 185 cm³/mol. The number of aliphatic imine (C=N–C) groups is 1. The number of rotatable bonds is 12. The van der Waals surface area contributed by atoms with Gasteiger partial charge in [-0.1, -0.05) is 73.1 Å². The van der Waals surface area contributed by atoms with Gasteiger partial charge in [-0.15, -0.1) is 0 Å². The molecule has 0 aromatic heterocycles. The molecule has 1 amide bonds. The fourth-order valence-corrected chi connectivity index (χ4v) is 6.82. The standard InChI is InChI=1S/C30H43N3O.C8H14O2/c1-8-13-30(14-9-2)26-12-11-24(19-28(26)33(29(30)34)25-16-20(4)17-25)21(5)18-27(32-15-10-3)22(6)23(7)31;1-6(2)7(9)8(3)4-10-5-8/h11-12,15,18-20,25H,5,8-10,13-14,16-17,31H2,1-4,6-7H3;6H,4-5H2,1-3H3/b23-22+,27-18+,32-15?;. The Hall–Kier alpha value is -2.99. The van der Waals surface area contributed by atoms with Gasteiger partial charge in [-0.05, 0) is 93.2 Å². The number of ketones is 1. The zero-order chi connectivity index (χ0) is 32.8. The van der Waals surface area contributed by atoms with Crippen LogP contribution in [0.2, 0.25) is 0 Å². The maximum absolute atomic E-state index is 14.0. The van der Waals surface area contributed by atoms with Crippen LogP contribution in [-0.2, 0) is 19.7 Å². The van der Waals surface area contributed by atoms with Gasteiger partial charge in [-0.3, -0.25) is 14.6 Å². The molecule has 44 heavy (non-hydrogen) atoms. The van der Waals surface area contributed by atoms with Crippen LogP contribution in [0.3, 0.4) is 0 Å². The minimum Gasteiger partial charge on any atom is -0.402 e. The molecule has 1 saturated carbocycles. The van der Waals surface area contributed by atoms with Crippen molar-refractivity contribution in [1.29, 1.82) is 0 Å². The number of nitrogens with zero attached hydrogens (tertiary/aromatic N) is 2. The van der Waals surface area contributed by atoms with Crippen LogP contribution in [0.25, 0.3) is 5.57 Å². The summed E-state index contributed by atoms with van der Waals surface area (Å²) in [5.74, 6) is 1.47. The van der Waals surface area contributed by atoms with Crippen molar-refractivity contribution in [3.8, 4) is 0 Å². The van der Waals surface area contributed by atoms with Gasteiger partial charge < -0.3 is 15.4 Å². The summed E-state index contributed by atoms with van der Waals surface area (Å²) in [4.78, 5) is 32.1. The van der Waals surface area contributed by atoms with Crippen LogP contribution < -0.4 is 10.6 Å². The molecule has 0 bridgehead atoms. The fourth-order valence-electron chi connectivity index (χ4n) is 6.82. The largest absolute Gasteiger partial charge is 0.402 e. The maximum atomic E-state index is 14.0. The third kappa shape index (κ3) is 7.28. The number of carbonyl (C=O) groups excluding carboxylic acids is 2. The molecule has 0 unspecified atom stereocenters. The molecule has 2 fully saturated rings. The number of carbonyl (C=O) groups is 2. The Kier molecular flexibility index (Phi) is 12.0. The summed E-state index contributed by atoms with van der Waals surface area (Å²) in [7, 11) is 0. The summed E-state index contributed by atoms with van der Waals surface area (Å²) in [6, 6.07) is 6.83. The van der Waals surface area contributed by atoms with E-state index in [0.29, 0.717) is 36.9 Å². The Morgan fingerprint density at radius 1 is 1.16 bits per heavy atom. The first-order chi connectivity index (χ1) is 20.8. The monoisotopic (exact) mass is 603 g/mol.